The predicted octanol–water partition coefficient (Wildman–Crippen LogP) is 2.91. The lowest BCUT2D eigenvalue weighted by molar-refractivity contribution is 0.505. The van der Waals surface area contributed by atoms with Gasteiger partial charge in [0, 0.05) is 25.2 Å². The van der Waals surface area contributed by atoms with E-state index in [1.165, 1.54) is 0 Å². The molecule has 1 aromatic heterocycles. The van der Waals surface area contributed by atoms with Crippen LogP contribution in [-0.2, 0) is 26.3 Å². The molecule has 0 bridgehead atoms. The molecular weight excluding hydrogens is 307 g/mol. The second-order valence-corrected chi connectivity index (χ2v) is 5.94. The molecule has 0 fully saturated rings. The first-order chi connectivity index (χ1) is 10.0. The second kappa shape index (κ2) is 7.27. The number of aromatic nitrogens is 2. The molecule has 2 rings (SSSR count). The van der Waals surface area contributed by atoms with Gasteiger partial charge in [-0.1, -0.05) is 36.2 Å². The van der Waals surface area contributed by atoms with Crippen molar-refractivity contribution < 1.29 is 0 Å². The van der Waals surface area contributed by atoms with Gasteiger partial charge in [0.2, 0.25) is 0 Å². The minimum absolute atomic E-state index is 0.113. The number of benzene rings is 1. The van der Waals surface area contributed by atoms with Crippen LogP contribution < -0.4 is 11.3 Å². The highest BCUT2D eigenvalue weighted by atomic mass is 35.5. The number of rotatable bonds is 6. The topological polar surface area (TPSA) is 55.9 Å². The van der Waals surface area contributed by atoms with Gasteiger partial charge in [-0.25, -0.2) is 0 Å². The van der Waals surface area contributed by atoms with E-state index in [1.807, 2.05) is 29.9 Å². The van der Waals surface area contributed by atoms with E-state index in [4.69, 9.17) is 29.0 Å². The molecule has 1 aromatic carbocycles. The molecule has 1 unspecified atom stereocenters. The van der Waals surface area contributed by atoms with Gasteiger partial charge in [0.15, 0.2) is 0 Å². The first-order valence-corrected chi connectivity index (χ1v) is 7.71. The van der Waals surface area contributed by atoms with Crippen molar-refractivity contribution in [3.05, 3.63) is 51.3 Å². The minimum atomic E-state index is 0.113. The van der Waals surface area contributed by atoms with E-state index < -0.39 is 0 Å². The summed E-state index contributed by atoms with van der Waals surface area (Å²) in [5.41, 5.74) is 6.23. The van der Waals surface area contributed by atoms with Crippen molar-refractivity contribution in [3.8, 4) is 0 Å². The number of hydrazine groups is 1. The van der Waals surface area contributed by atoms with Gasteiger partial charge >= 0.3 is 0 Å². The molecule has 0 saturated carbocycles. The fraction of sp³-hybridized carbons (Fsp3) is 0.400. The molecule has 6 heteroatoms. The maximum atomic E-state index is 6.05. The number of aryl methyl sites for hydroxylation is 2. The van der Waals surface area contributed by atoms with Crippen molar-refractivity contribution in [2.24, 2.45) is 12.9 Å². The Morgan fingerprint density at radius 2 is 2.00 bits per heavy atom. The minimum Gasteiger partial charge on any atom is -0.272 e. The molecule has 2 aromatic rings. The van der Waals surface area contributed by atoms with E-state index in [0.717, 1.165) is 36.2 Å². The molecule has 21 heavy (non-hydrogen) atoms. The highest BCUT2D eigenvalue weighted by Crippen LogP contribution is 2.23. The van der Waals surface area contributed by atoms with Crippen LogP contribution in [0.25, 0.3) is 0 Å². The summed E-state index contributed by atoms with van der Waals surface area (Å²) in [4.78, 5) is 0. The third-order valence-electron chi connectivity index (χ3n) is 3.55. The molecule has 0 amide bonds. The van der Waals surface area contributed by atoms with Gasteiger partial charge in [0.25, 0.3) is 0 Å². The third kappa shape index (κ3) is 4.20. The average Bonchev–Trinajstić information content (AvgIpc) is 2.82. The third-order valence-corrected chi connectivity index (χ3v) is 4.29. The lowest BCUT2D eigenvalue weighted by Gasteiger charge is -2.16. The first-order valence-electron chi connectivity index (χ1n) is 6.95. The monoisotopic (exact) mass is 326 g/mol. The second-order valence-electron chi connectivity index (χ2n) is 5.12. The summed E-state index contributed by atoms with van der Waals surface area (Å²) in [6.07, 6.45) is 2.52. The van der Waals surface area contributed by atoms with Crippen molar-refractivity contribution in [3.63, 3.8) is 0 Å². The Hall–Kier alpha value is -1.07. The highest BCUT2D eigenvalue weighted by molar-refractivity contribution is 6.42. The highest BCUT2D eigenvalue weighted by Gasteiger charge is 2.13. The Morgan fingerprint density at radius 1 is 1.24 bits per heavy atom. The molecule has 114 valence electrons. The molecule has 0 aliphatic carbocycles. The fourth-order valence-corrected chi connectivity index (χ4v) is 2.65. The zero-order valence-corrected chi connectivity index (χ0v) is 13.7. The summed E-state index contributed by atoms with van der Waals surface area (Å²) < 4.78 is 1.91. The standard InChI is InChI=1S/C15H20Cl2N4/c1-3-11-8-13(21(2)20-11)9-12(19-18)6-10-4-5-14(16)15(17)7-10/h4-5,7-8,12,19H,3,6,9,18H2,1-2H3. The number of halogens is 2. The van der Waals surface area contributed by atoms with Crippen molar-refractivity contribution >= 4 is 23.2 Å². The molecule has 4 nitrogen and oxygen atoms in total. The van der Waals surface area contributed by atoms with Crippen molar-refractivity contribution in [1.29, 1.82) is 0 Å². The van der Waals surface area contributed by atoms with Gasteiger partial charge in [-0.15, -0.1) is 0 Å². The quantitative estimate of drug-likeness (QED) is 0.634. The van der Waals surface area contributed by atoms with Crippen molar-refractivity contribution in [1.82, 2.24) is 15.2 Å². The molecule has 0 aliphatic rings. The van der Waals surface area contributed by atoms with Crippen LogP contribution in [0, 0.1) is 0 Å². The van der Waals surface area contributed by atoms with Crippen LogP contribution in [0.2, 0.25) is 10.0 Å². The van der Waals surface area contributed by atoms with Crippen LogP contribution in [0.15, 0.2) is 24.3 Å². The van der Waals surface area contributed by atoms with Crippen LogP contribution in [0.5, 0.6) is 0 Å². The summed E-state index contributed by atoms with van der Waals surface area (Å²) in [5.74, 6) is 5.69. The van der Waals surface area contributed by atoms with E-state index in [1.54, 1.807) is 0 Å². The Labute approximate surface area is 135 Å². The molecule has 3 N–H and O–H groups in total. The van der Waals surface area contributed by atoms with Gasteiger partial charge in [0.1, 0.15) is 0 Å². The largest absolute Gasteiger partial charge is 0.272 e. The Morgan fingerprint density at radius 3 is 2.57 bits per heavy atom. The number of nitrogens with zero attached hydrogens (tertiary/aromatic N) is 2. The maximum Gasteiger partial charge on any atom is 0.0624 e. The van der Waals surface area contributed by atoms with E-state index in [-0.39, 0.29) is 6.04 Å². The van der Waals surface area contributed by atoms with Crippen LogP contribution >= 0.6 is 23.2 Å². The van der Waals surface area contributed by atoms with Crippen LogP contribution in [0.3, 0.4) is 0 Å². The van der Waals surface area contributed by atoms with E-state index >= 15 is 0 Å². The predicted molar refractivity (Wildman–Crippen MR) is 87.6 cm³/mol. The number of hydrogen-bond donors (Lipinski definition) is 2. The molecule has 0 aliphatic heterocycles. The SMILES string of the molecule is CCc1cc(CC(Cc2ccc(Cl)c(Cl)c2)NN)n(C)n1. The van der Waals surface area contributed by atoms with Gasteiger partial charge < -0.3 is 0 Å². The van der Waals surface area contributed by atoms with Gasteiger partial charge in [0.05, 0.1) is 15.7 Å². The molecule has 1 heterocycles. The molecular formula is C15H20Cl2N4. The Balaban J connectivity index is 2.08. The first kappa shape index (κ1) is 16.3. The zero-order valence-electron chi connectivity index (χ0n) is 12.2. The van der Waals surface area contributed by atoms with Gasteiger partial charge in [-0.3, -0.25) is 16.0 Å². The Bertz CT molecular complexity index is 610. The van der Waals surface area contributed by atoms with Crippen molar-refractivity contribution in [2.45, 2.75) is 32.2 Å². The number of nitrogens with one attached hydrogen (secondary N) is 1. The summed E-state index contributed by atoms with van der Waals surface area (Å²) >= 11 is 12.0. The number of nitrogens with two attached hydrogens (primary N) is 1. The lowest BCUT2D eigenvalue weighted by atomic mass is 10.0. The van der Waals surface area contributed by atoms with E-state index in [9.17, 15) is 0 Å². The summed E-state index contributed by atoms with van der Waals surface area (Å²) in [6, 6.07) is 7.90. The van der Waals surface area contributed by atoms with Crippen molar-refractivity contribution in [2.75, 3.05) is 0 Å². The number of hydrogen-bond acceptors (Lipinski definition) is 3. The zero-order chi connectivity index (χ0) is 15.4. The van der Waals surface area contributed by atoms with Gasteiger partial charge in [-0.05, 0) is 36.6 Å². The molecule has 0 radical (unpaired) electrons. The lowest BCUT2D eigenvalue weighted by Crippen LogP contribution is -2.38. The molecule has 1 atom stereocenters. The van der Waals surface area contributed by atoms with Crippen LogP contribution in [0.4, 0.5) is 0 Å². The summed E-state index contributed by atoms with van der Waals surface area (Å²) in [6.45, 7) is 2.10. The summed E-state index contributed by atoms with van der Waals surface area (Å²) in [7, 11) is 1.96. The van der Waals surface area contributed by atoms with E-state index in [2.05, 4.69) is 23.5 Å². The van der Waals surface area contributed by atoms with E-state index in [0.29, 0.717) is 10.0 Å². The van der Waals surface area contributed by atoms with Gasteiger partial charge in [-0.2, -0.15) is 5.10 Å². The van der Waals surface area contributed by atoms with Crippen LogP contribution in [-0.4, -0.2) is 15.8 Å². The Kier molecular flexibility index (Phi) is 5.65. The smallest absolute Gasteiger partial charge is 0.0624 e. The average molecular weight is 327 g/mol. The molecule has 0 spiro atoms. The van der Waals surface area contributed by atoms with Crippen LogP contribution in [0.1, 0.15) is 23.9 Å². The normalized spacial score (nSPS) is 12.6. The maximum absolute atomic E-state index is 6.05. The molecule has 0 saturated heterocycles. The fourth-order valence-electron chi connectivity index (χ4n) is 2.33. The summed E-state index contributed by atoms with van der Waals surface area (Å²) in [5, 5.41) is 5.59.